The molecular weight excluding hydrogens is 304 g/mol. The minimum atomic E-state index is 0.127. The molecule has 0 aliphatic carbocycles. The van der Waals surface area contributed by atoms with Crippen molar-refractivity contribution in [3.8, 4) is 5.75 Å². The summed E-state index contributed by atoms with van der Waals surface area (Å²) in [6, 6.07) is 3.72. The first-order valence-electron chi connectivity index (χ1n) is 5.73. The molecule has 1 saturated heterocycles. The van der Waals surface area contributed by atoms with Gasteiger partial charge in [-0.05, 0) is 35.0 Å². The molecule has 1 aromatic carbocycles. The first-order valence-corrected chi connectivity index (χ1v) is 6.90. The van der Waals surface area contributed by atoms with Crippen LogP contribution in [0, 0.1) is 0 Å². The van der Waals surface area contributed by atoms with Gasteiger partial charge in [-0.25, -0.2) is 0 Å². The Hall–Kier alpha value is -0.290. The summed E-state index contributed by atoms with van der Waals surface area (Å²) in [7, 11) is 0. The van der Waals surface area contributed by atoms with Gasteiger partial charge in [-0.1, -0.05) is 11.6 Å². The molecule has 0 saturated carbocycles. The second-order valence-corrected chi connectivity index (χ2v) is 5.51. The number of nitrogens with zero attached hydrogens (tertiary/aromatic N) is 1. The van der Waals surface area contributed by atoms with Gasteiger partial charge in [-0.3, -0.25) is 4.90 Å². The quantitative estimate of drug-likeness (QED) is 0.880. The van der Waals surface area contributed by atoms with E-state index in [1.165, 1.54) is 0 Å². The lowest BCUT2D eigenvalue weighted by atomic mass is 10.0. The van der Waals surface area contributed by atoms with Crippen molar-refractivity contribution in [2.24, 2.45) is 0 Å². The number of aromatic hydroxyl groups is 1. The molecular formula is C12H16BrClN2O. The number of piperazine rings is 1. The number of rotatable bonds is 2. The monoisotopic (exact) mass is 318 g/mol. The third kappa shape index (κ3) is 2.76. The van der Waals surface area contributed by atoms with E-state index in [2.05, 4.69) is 33.1 Å². The average Bonchev–Trinajstić information content (AvgIpc) is 2.35. The fourth-order valence-corrected chi connectivity index (χ4v) is 2.86. The highest BCUT2D eigenvalue weighted by Crippen LogP contribution is 2.39. The molecule has 1 aliphatic rings. The summed E-state index contributed by atoms with van der Waals surface area (Å²) >= 11 is 9.53. The van der Waals surface area contributed by atoms with Crippen LogP contribution in [0.1, 0.15) is 18.5 Å². The number of nitrogens with one attached hydrogen (secondary N) is 1. The highest BCUT2D eigenvalue weighted by Gasteiger charge is 2.23. The minimum absolute atomic E-state index is 0.127. The van der Waals surface area contributed by atoms with Crippen molar-refractivity contribution < 1.29 is 5.11 Å². The predicted molar refractivity (Wildman–Crippen MR) is 73.7 cm³/mol. The topological polar surface area (TPSA) is 35.5 Å². The molecule has 3 nitrogen and oxygen atoms in total. The molecule has 2 rings (SSSR count). The molecule has 1 aliphatic heterocycles. The summed E-state index contributed by atoms with van der Waals surface area (Å²) in [6.45, 7) is 6.00. The van der Waals surface area contributed by atoms with E-state index in [4.69, 9.17) is 11.6 Å². The highest BCUT2D eigenvalue weighted by molar-refractivity contribution is 9.10. The molecule has 17 heavy (non-hydrogen) atoms. The molecule has 0 unspecified atom stereocenters. The molecule has 5 heteroatoms. The van der Waals surface area contributed by atoms with E-state index in [0.717, 1.165) is 31.7 Å². The van der Waals surface area contributed by atoms with Crippen LogP contribution in [0.5, 0.6) is 5.75 Å². The van der Waals surface area contributed by atoms with Gasteiger partial charge in [0.2, 0.25) is 0 Å². The summed E-state index contributed by atoms with van der Waals surface area (Å²) in [4.78, 5) is 2.32. The lowest BCUT2D eigenvalue weighted by molar-refractivity contribution is 0.183. The van der Waals surface area contributed by atoms with E-state index in [0.29, 0.717) is 9.50 Å². The van der Waals surface area contributed by atoms with Crippen LogP contribution in [0.4, 0.5) is 0 Å². The van der Waals surface area contributed by atoms with Gasteiger partial charge < -0.3 is 10.4 Å². The SMILES string of the molecule is C[C@H](c1c(Cl)ccc(Br)c1O)N1CCNCC1. The van der Waals surface area contributed by atoms with Gasteiger partial charge in [0.1, 0.15) is 5.75 Å². The maximum absolute atomic E-state index is 10.1. The zero-order valence-corrected chi connectivity index (χ0v) is 12.1. The lowest BCUT2D eigenvalue weighted by Gasteiger charge is -2.33. The fraction of sp³-hybridized carbons (Fsp3) is 0.500. The number of hydrogen-bond donors (Lipinski definition) is 2. The Kier molecular flexibility index (Phi) is 4.31. The fourth-order valence-electron chi connectivity index (χ4n) is 2.21. The zero-order valence-electron chi connectivity index (χ0n) is 9.71. The van der Waals surface area contributed by atoms with Crippen LogP contribution in [0.3, 0.4) is 0 Å². The van der Waals surface area contributed by atoms with E-state index in [9.17, 15) is 5.11 Å². The summed E-state index contributed by atoms with van der Waals surface area (Å²) in [5.41, 5.74) is 0.808. The Labute approximate surface area is 115 Å². The maximum Gasteiger partial charge on any atom is 0.136 e. The van der Waals surface area contributed by atoms with Crippen LogP contribution in [0.15, 0.2) is 16.6 Å². The standard InChI is InChI=1S/C12H16BrClN2O/c1-8(16-6-4-15-5-7-16)11-10(14)3-2-9(13)12(11)17/h2-3,8,15,17H,4-7H2,1H3/t8-/m1/s1. The number of phenolic OH excluding ortho intramolecular Hbond substituents is 1. The van der Waals surface area contributed by atoms with Gasteiger partial charge in [0.15, 0.2) is 0 Å². The number of benzene rings is 1. The first-order chi connectivity index (χ1) is 8.11. The smallest absolute Gasteiger partial charge is 0.136 e. The van der Waals surface area contributed by atoms with Crippen molar-refractivity contribution in [3.05, 3.63) is 27.2 Å². The molecule has 0 amide bonds. The molecule has 1 heterocycles. The summed E-state index contributed by atoms with van der Waals surface area (Å²) in [5, 5.41) is 14.0. The average molecular weight is 320 g/mol. The lowest BCUT2D eigenvalue weighted by Crippen LogP contribution is -2.44. The van der Waals surface area contributed by atoms with Crippen molar-refractivity contribution in [2.45, 2.75) is 13.0 Å². The third-order valence-corrected chi connectivity index (χ3v) is 4.20. The molecule has 1 aromatic rings. The maximum atomic E-state index is 10.1. The van der Waals surface area contributed by atoms with Crippen LogP contribution >= 0.6 is 27.5 Å². The zero-order chi connectivity index (χ0) is 12.4. The molecule has 1 fully saturated rings. The van der Waals surface area contributed by atoms with E-state index in [1.807, 2.05) is 6.07 Å². The normalized spacial score (nSPS) is 19.2. The first kappa shape index (κ1) is 13.1. The van der Waals surface area contributed by atoms with Gasteiger partial charge >= 0.3 is 0 Å². The molecule has 1 atom stereocenters. The third-order valence-electron chi connectivity index (χ3n) is 3.23. The number of halogens is 2. The van der Waals surface area contributed by atoms with Crippen molar-refractivity contribution in [2.75, 3.05) is 26.2 Å². The van der Waals surface area contributed by atoms with Crippen molar-refractivity contribution in [1.82, 2.24) is 10.2 Å². The highest BCUT2D eigenvalue weighted by atomic mass is 79.9. The van der Waals surface area contributed by atoms with E-state index in [1.54, 1.807) is 6.07 Å². The summed E-state index contributed by atoms with van der Waals surface area (Å²) in [6.07, 6.45) is 0. The van der Waals surface area contributed by atoms with E-state index in [-0.39, 0.29) is 11.8 Å². The van der Waals surface area contributed by atoms with Crippen LogP contribution in [0.2, 0.25) is 5.02 Å². The van der Waals surface area contributed by atoms with Crippen LogP contribution < -0.4 is 5.32 Å². The molecule has 0 bridgehead atoms. The Morgan fingerprint density at radius 1 is 1.41 bits per heavy atom. The number of phenols is 1. The predicted octanol–water partition coefficient (Wildman–Crippen LogP) is 2.77. The largest absolute Gasteiger partial charge is 0.506 e. The van der Waals surface area contributed by atoms with Gasteiger partial charge in [0.25, 0.3) is 0 Å². The number of hydrogen-bond acceptors (Lipinski definition) is 3. The Morgan fingerprint density at radius 2 is 2.06 bits per heavy atom. The molecule has 2 N–H and O–H groups in total. The van der Waals surface area contributed by atoms with Gasteiger partial charge in [-0.15, -0.1) is 0 Å². The van der Waals surface area contributed by atoms with Gasteiger partial charge in [0.05, 0.1) is 4.47 Å². The second kappa shape index (κ2) is 5.57. The molecule has 0 radical (unpaired) electrons. The van der Waals surface area contributed by atoms with Crippen LogP contribution in [-0.4, -0.2) is 36.2 Å². The summed E-state index contributed by atoms with van der Waals surface area (Å²) in [5.74, 6) is 0.253. The van der Waals surface area contributed by atoms with Crippen molar-refractivity contribution in [3.63, 3.8) is 0 Å². The van der Waals surface area contributed by atoms with E-state index < -0.39 is 0 Å². The van der Waals surface area contributed by atoms with Gasteiger partial charge in [0, 0.05) is 42.8 Å². The minimum Gasteiger partial charge on any atom is -0.506 e. The molecule has 0 spiro atoms. The summed E-state index contributed by atoms with van der Waals surface area (Å²) < 4.78 is 0.693. The Morgan fingerprint density at radius 3 is 2.71 bits per heavy atom. The molecule has 0 aromatic heterocycles. The second-order valence-electron chi connectivity index (χ2n) is 4.25. The Bertz CT molecular complexity index is 408. The molecule has 94 valence electrons. The van der Waals surface area contributed by atoms with Crippen LogP contribution in [0.25, 0.3) is 0 Å². The van der Waals surface area contributed by atoms with Gasteiger partial charge in [-0.2, -0.15) is 0 Å². The van der Waals surface area contributed by atoms with E-state index >= 15 is 0 Å². The van der Waals surface area contributed by atoms with Crippen LogP contribution in [-0.2, 0) is 0 Å². The van der Waals surface area contributed by atoms with Crippen molar-refractivity contribution >= 4 is 27.5 Å². The van der Waals surface area contributed by atoms with Crippen molar-refractivity contribution in [1.29, 1.82) is 0 Å². The Balaban J connectivity index is 2.29.